The van der Waals surface area contributed by atoms with E-state index in [4.69, 9.17) is 11.6 Å². The first-order valence-electron chi connectivity index (χ1n) is 6.25. The van der Waals surface area contributed by atoms with Gasteiger partial charge in [0.1, 0.15) is 0 Å². The number of halogens is 3. The fourth-order valence-corrected chi connectivity index (χ4v) is 2.23. The third-order valence-electron chi connectivity index (χ3n) is 3.34. The summed E-state index contributed by atoms with van der Waals surface area (Å²) in [6.07, 6.45) is 1.65. The summed E-state index contributed by atoms with van der Waals surface area (Å²) < 4.78 is 27.9. The number of aryl methyl sites for hydroxylation is 1. The fourth-order valence-electron chi connectivity index (χ4n) is 1.99. The largest absolute Gasteiger partial charge is 0.345 e. The number of rotatable bonds is 3. The molecule has 0 saturated heterocycles. The Kier molecular flexibility index (Phi) is 4.27. The van der Waals surface area contributed by atoms with Gasteiger partial charge in [0.05, 0.1) is 22.8 Å². The molecule has 4 nitrogen and oxygen atoms in total. The second kappa shape index (κ2) is 5.81. The van der Waals surface area contributed by atoms with Gasteiger partial charge in [0.2, 0.25) is 0 Å². The summed E-state index contributed by atoms with van der Waals surface area (Å²) in [6, 6.07) is 1.23. The molecule has 112 valence electrons. The minimum Gasteiger partial charge on any atom is -0.345 e. The lowest BCUT2D eigenvalue weighted by molar-refractivity contribution is 0.0939. The number of hydrogen-bond donors (Lipinski definition) is 1. The molecule has 0 aliphatic heterocycles. The average molecular weight is 314 g/mol. The molecular weight excluding hydrogens is 300 g/mol. The summed E-state index contributed by atoms with van der Waals surface area (Å²) >= 11 is 5.78. The molecule has 21 heavy (non-hydrogen) atoms. The molecular formula is C14H14ClF2N3O. The van der Waals surface area contributed by atoms with Crippen molar-refractivity contribution >= 4 is 17.5 Å². The van der Waals surface area contributed by atoms with Crippen LogP contribution in [0.4, 0.5) is 8.78 Å². The number of amides is 1. The summed E-state index contributed by atoms with van der Waals surface area (Å²) in [5, 5.41) is 6.64. The zero-order valence-corrected chi connectivity index (χ0v) is 12.5. The second-order valence-corrected chi connectivity index (χ2v) is 5.16. The summed E-state index contributed by atoms with van der Waals surface area (Å²) in [5.74, 6) is -2.78. The number of hydrogen-bond acceptors (Lipinski definition) is 2. The van der Waals surface area contributed by atoms with E-state index >= 15 is 0 Å². The first-order chi connectivity index (χ1) is 9.81. The van der Waals surface area contributed by atoms with Crippen LogP contribution >= 0.6 is 11.6 Å². The van der Waals surface area contributed by atoms with E-state index < -0.39 is 17.5 Å². The molecule has 7 heteroatoms. The van der Waals surface area contributed by atoms with Crippen molar-refractivity contribution in [2.75, 3.05) is 0 Å². The Balaban J connectivity index is 2.22. The quantitative estimate of drug-likeness (QED) is 0.885. The normalized spacial score (nSPS) is 12.3. The standard InChI is InChI=1S/C14H14ClF2N3O/c1-7(10-6-18-20(3)8(10)2)19-14(21)9-4-12(16)13(17)5-11(9)15/h4-7H,1-3H3,(H,19,21)/t7-/m0/s1. The van der Waals surface area contributed by atoms with E-state index in [0.29, 0.717) is 0 Å². The zero-order valence-electron chi connectivity index (χ0n) is 11.7. The van der Waals surface area contributed by atoms with Crippen molar-refractivity contribution in [3.8, 4) is 0 Å². The Labute approximate surface area is 125 Å². The highest BCUT2D eigenvalue weighted by molar-refractivity contribution is 6.33. The Morgan fingerprint density at radius 3 is 2.57 bits per heavy atom. The molecule has 0 fully saturated rings. The van der Waals surface area contributed by atoms with E-state index in [1.807, 2.05) is 6.92 Å². The van der Waals surface area contributed by atoms with Crippen molar-refractivity contribution in [3.05, 3.63) is 51.8 Å². The van der Waals surface area contributed by atoms with Crippen LogP contribution in [0.15, 0.2) is 18.3 Å². The monoisotopic (exact) mass is 313 g/mol. The maximum atomic E-state index is 13.2. The van der Waals surface area contributed by atoms with Crippen LogP contribution in [0.5, 0.6) is 0 Å². The molecule has 0 bridgehead atoms. The predicted octanol–water partition coefficient (Wildman–Crippen LogP) is 3.15. The SMILES string of the molecule is Cc1c([C@H](C)NC(=O)c2cc(F)c(F)cc2Cl)cnn1C. The third-order valence-corrected chi connectivity index (χ3v) is 3.65. The molecule has 0 radical (unpaired) electrons. The lowest BCUT2D eigenvalue weighted by atomic mass is 10.1. The maximum Gasteiger partial charge on any atom is 0.253 e. The molecule has 0 aliphatic carbocycles. The van der Waals surface area contributed by atoms with Gasteiger partial charge in [-0.1, -0.05) is 11.6 Å². The van der Waals surface area contributed by atoms with Crippen LogP contribution in [0, 0.1) is 18.6 Å². The summed E-state index contributed by atoms with van der Waals surface area (Å²) in [5.41, 5.74) is 1.63. The van der Waals surface area contributed by atoms with Crippen LogP contribution in [-0.4, -0.2) is 15.7 Å². The first-order valence-corrected chi connectivity index (χ1v) is 6.63. The number of aromatic nitrogens is 2. The highest BCUT2D eigenvalue weighted by atomic mass is 35.5. The maximum absolute atomic E-state index is 13.2. The Morgan fingerprint density at radius 1 is 1.38 bits per heavy atom. The van der Waals surface area contributed by atoms with Gasteiger partial charge < -0.3 is 5.32 Å². The lowest BCUT2D eigenvalue weighted by Gasteiger charge is -2.14. The second-order valence-electron chi connectivity index (χ2n) is 4.75. The molecule has 1 amide bonds. The highest BCUT2D eigenvalue weighted by Crippen LogP contribution is 2.22. The molecule has 1 atom stereocenters. The van der Waals surface area contributed by atoms with Crippen LogP contribution in [0.25, 0.3) is 0 Å². The van der Waals surface area contributed by atoms with Crippen molar-refractivity contribution < 1.29 is 13.6 Å². The van der Waals surface area contributed by atoms with Gasteiger partial charge in [0.25, 0.3) is 5.91 Å². The number of nitrogens with one attached hydrogen (secondary N) is 1. The fraction of sp³-hybridized carbons (Fsp3) is 0.286. The van der Waals surface area contributed by atoms with Crippen molar-refractivity contribution in [2.45, 2.75) is 19.9 Å². The van der Waals surface area contributed by atoms with Gasteiger partial charge in [-0.15, -0.1) is 0 Å². The molecule has 2 rings (SSSR count). The summed E-state index contributed by atoms with van der Waals surface area (Å²) in [7, 11) is 1.79. The Hall–Kier alpha value is -1.95. The summed E-state index contributed by atoms with van der Waals surface area (Å²) in [4.78, 5) is 12.1. The molecule has 2 aromatic rings. The van der Waals surface area contributed by atoms with Gasteiger partial charge in [0, 0.05) is 18.3 Å². The Bertz CT molecular complexity index is 700. The van der Waals surface area contributed by atoms with Crippen molar-refractivity contribution in [1.29, 1.82) is 0 Å². The average Bonchev–Trinajstić information content (AvgIpc) is 2.74. The van der Waals surface area contributed by atoms with Crippen LogP contribution < -0.4 is 5.32 Å². The smallest absolute Gasteiger partial charge is 0.253 e. The number of carbonyl (C=O) groups is 1. The van der Waals surface area contributed by atoms with Gasteiger partial charge in [-0.3, -0.25) is 9.48 Å². The Morgan fingerprint density at radius 2 is 2.00 bits per heavy atom. The van der Waals surface area contributed by atoms with E-state index in [0.717, 1.165) is 23.4 Å². The van der Waals surface area contributed by atoms with E-state index in [2.05, 4.69) is 10.4 Å². The van der Waals surface area contributed by atoms with E-state index in [1.165, 1.54) is 0 Å². The van der Waals surface area contributed by atoms with E-state index in [-0.39, 0.29) is 16.6 Å². The zero-order chi connectivity index (χ0) is 15.7. The molecule has 0 aliphatic rings. The molecule has 1 heterocycles. The number of carbonyl (C=O) groups excluding carboxylic acids is 1. The van der Waals surface area contributed by atoms with Crippen LogP contribution in [-0.2, 0) is 7.05 Å². The molecule has 1 aromatic heterocycles. The van der Waals surface area contributed by atoms with Crippen LogP contribution in [0.1, 0.15) is 34.6 Å². The third kappa shape index (κ3) is 3.05. The van der Waals surface area contributed by atoms with Gasteiger partial charge in [0.15, 0.2) is 11.6 Å². The van der Waals surface area contributed by atoms with Gasteiger partial charge in [-0.25, -0.2) is 8.78 Å². The van der Waals surface area contributed by atoms with Crippen molar-refractivity contribution in [3.63, 3.8) is 0 Å². The predicted molar refractivity (Wildman–Crippen MR) is 75.2 cm³/mol. The van der Waals surface area contributed by atoms with Crippen LogP contribution in [0.3, 0.4) is 0 Å². The molecule has 1 N–H and O–H groups in total. The van der Waals surface area contributed by atoms with Gasteiger partial charge >= 0.3 is 0 Å². The van der Waals surface area contributed by atoms with Gasteiger partial charge in [-0.05, 0) is 26.0 Å². The minimum atomic E-state index is -1.12. The lowest BCUT2D eigenvalue weighted by Crippen LogP contribution is -2.27. The molecule has 0 spiro atoms. The van der Waals surface area contributed by atoms with Gasteiger partial charge in [-0.2, -0.15) is 5.10 Å². The van der Waals surface area contributed by atoms with Crippen molar-refractivity contribution in [2.24, 2.45) is 7.05 Å². The molecule has 1 aromatic carbocycles. The van der Waals surface area contributed by atoms with E-state index in [1.54, 1.807) is 24.9 Å². The number of nitrogens with zero attached hydrogens (tertiary/aromatic N) is 2. The topological polar surface area (TPSA) is 46.9 Å². The minimum absolute atomic E-state index is 0.107. The van der Waals surface area contributed by atoms with Crippen molar-refractivity contribution in [1.82, 2.24) is 15.1 Å². The molecule has 0 unspecified atom stereocenters. The van der Waals surface area contributed by atoms with E-state index in [9.17, 15) is 13.6 Å². The number of benzene rings is 1. The first kappa shape index (κ1) is 15.4. The molecule has 0 saturated carbocycles. The van der Waals surface area contributed by atoms with Crippen LogP contribution in [0.2, 0.25) is 5.02 Å². The summed E-state index contributed by atoms with van der Waals surface area (Å²) in [6.45, 7) is 3.64. The highest BCUT2D eigenvalue weighted by Gasteiger charge is 2.19.